The number of aliphatic carboxylic acids is 2. The molecule has 332 valence electrons. The lowest BCUT2D eigenvalue weighted by Gasteiger charge is -2.27. The monoisotopic (exact) mass is 863 g/mol. The lowest BCUT2D eigenvalue weighted by atomic mass is 10.0. The molecule has 7 unspecified atom stereocenters. The summed E-state index contributed by atoms with van der Waals surface area (Å²) in [4.78, 5) is 107. The maximum Gasteiger partial charge on any atom is 0.326 e. The Bertz CT molecular complexity index is 1400. The molecular formula is C35H65N11O10S2. The van der Waals surface area contributed by atoms with Crippen LogP contribution in [0.25, 0.3) is 0 Å². The van der Waals surface area contributed by atoms with Crippen molar-refractivity contribution in [3.05, 3.63) is 0 Å². The summed E-state index contributed by atoms with van der Waals surface area (Å²) in [6.45, 7) is 7.65. The first-order valence-electron chi connectivity index (χ1n) is 19.2. The van der Waals surface area contributed by atoms with Gasteiger partial charge in [0.2, 0.25) is 35.4 Å². The molecule has 0 aliphatic carbocycles. The average Bonchev–Trinajstić information content (AvgIpc) is 3.13. The molecule has 0 aromatic carbocycles. The molecule has 0 aliphatic heterocycles. The van der Waals surface area contributed by atoms with Crippen LogP contribution in [0.3, 0.4) is 0 Å². The van der Waals surface area contributed by atoms with Gasteiger partial charge in [-0.25, -0.2) is 4.79 Å². The highest BCUT2D eigenvalue weighted by Gasteiger charge is 2.33. The van der Waals surface area contributed by atoms with Crippen molar-refractivity contribution in [3.63, 3.8) is 0 Å². The van der Waals surface area contributed by atoms with Gasteiger partial charge in [0, 0.05) is 24.5 Å². The third-order valence-electron chi connectivity index (χ3n) is 8.46. The van der Waals surface area contributed by atoms with E-state index in [1.54, 1.807) is 27.7 Å². The summed E-state index contributed by atoms with van der Waals surface area (Å²) in [5, 5.41) is 33.8. The van der Waals surface area contributed by atoms with Gasteiger partial charge in [0.15, 0.2) is 5.96 Å². The lowest BCUT2D eigenvalue weighted by molar-refractivity contribution is -0.143. The number of nitrogens with zero attached hydrogens (tertiary/aromatic N) is 1. The van der Waals surface area contributed by atoms with Crippen molar-refractivity contribution in [1.29, 1.82) is 0 Å². The van der Waals surface area contributed by atoms with Gasteiger partial charge in [-0.3, -0.25) is 38.6 Å². The van der Waals surface area contributed by atoms with Gasteiger partial charge < -0.3 is 65.0 Å². The number of carbonyl (C=O) groups is 8. The third-order valence-corrected chi connectivity index (χ3v) is 9.19. The van der Waals surface area contributed by atoms with Gasteiger partial charge in [-0.2, -0.15) is 25.3 Å². The van der Waals surface area contributed by atoms with Crippen LogP contribution in [0.15, 0.2) is 4.99 Å². The Labute approximate surface area is 350 Å². The number of guanidine groups is 1. The van der Waals surface area contributed by atoms with Crippen molar-refractivity contribution in [2.75, 3.05) is 24.6 Å². The first-order chi connectivity index (χ1) is 27.2. The number of carboxylic acids is 2. The minimum atomic E-state index is -1.40. The second kappa shape index (κ2) is 29.0. The Morgan fingerprint density at radius 3 is 1.43 bits per heavy atom. The second-order valence-corrected chi connectivity index (χ2v) is 15.3. The van der Waals surface area contributed by atoms with Crippen LogP contribution in [-0.2, 0) is 38.4 Å². The molecule has 0 saturated carbocycles. The van der Waals surface area contributed by atoms with E-state index in [1.807, 2.05) is 0 Å². The summed E-state index contributed by atoms with van der Waals surface area (Å²) >= 11 is 8.37. The summed E-state index contributed by atoms with van der Waals surface area (Å²) in [7, 11) is 0. The van der Waals surface area contributed by atoms with Crippen LogP contribution in [0.1, 0.15) is 85.5 Å². The van der Waals surface area contributed by atoms with Crippen LogP contribution in [0.2, 0.25) is 0 Å². The zero-order valence-electron chi connectivity index (χ0n) is 33.7. The molecule has 16 N–H and O–H groups in total. The molecule has 7 atom stereocenters. The Hall–Kier alpha value is -4.35. The van der Waals surface area contributed by atoms with Gasteiger partial charge in [0.1, 0.15) is 36.3 Å². The van der Waals surface area contributed by atoms with Crippen molar-refractivity contribution >= 4 is 78.6 Å². The molecule has 6 amide bonds. The normalized spacial score (nSPS) is 14.7. The number of rotatable bonds is 30. The first-order valence-corrected chi connectivity index (χ1v) is 20.4. The average molecular weight is 864 g/mol. The van der Waals surface area contributed by atoms with Crippen molar-refractivity contribution in [2.45, 2.75) is 128 Å². The summed E-state index contributed by atoms with van der Waals surface area (Å²) in [5.74, 6) is -8.23. The van der Waals surface area contributed by atoms with Crippen LogP contribution in [0, 0.1) is 11.8 Å². The van der Waals surface area contributed by atoms with Gasteiger partial charge in [-0.15, -0.1) is 0 Å². The topological polar surface area (TPSA) is 366 Å². The predicted octanol–water partition coefficient (Wildman–Crippen LogP) is -2.69. The molecule has 0 bridgehead atoms. The van der Waals surface area contributed by atoms with Crippen molar-refractivity contribution in [3.8, 4) is 0 Å². The van der Waals surface area contributed by atoms with Crippen molar-refractivity contribution < 1.29 is 48.6 Å². The van der Waals surface area contributed by atoms with E-state index in [0.29, 0.717) is 19.4 Å². The predicted molar refractivity (Wildman–Crippen MR) is 223 cm³/mol. The maximum absolute atomic E-state index is 13.6. The van der Waals surface area contributed by atoms with Crippen molar-refractivity contribution in [2.24, 2.45) is 39.8 Å². The quantitative estimate of drug-likeness (QED) is 0.0151. The smallest absolute Gasteiger partial charge is 0.326 e. The van der Waals surface area contributed by atoms with E-state index in [1.165, 1.54) is 0 Å². The van der Waals surface area contributed by atoms with Crippen LogP contribution >= 0.6 is 25.3 Å². The van der Waals surface area contributed by atoms with Gasteiger partial charge >= 0.3 is 11.9 Å². The lowest BCUT2D eigenvalue weighted by Crippen LogP contribution is -2.60. The number of unbranched alkanes of at least 4 members (excludes halogenated alkanes) is 1. The van der Waals surface area contributed by atoms with Gasteiger partial charge in [-0.1, -0.05) is 34.1 Å². The molecule has 0 radical (unpaired) electrons. The zero-order chi connectivity index (χ0) is 44.5. The molecule has 0 aromatic heterocycles. The number of thiol groups is 2. The van der Waals surface area contributed by atoms with Crippen LogP contribution in [0.5, 0.6) is 0 Å². The standard InChI is InChI=1S/C35H65N11O10S2/c1-18(2)14-23(31(52)44-24(34(55)56)15-19(3)4)43-32(53)25(16-57)46-33(54)26(17-58)45-29(50)21(9-7-13-40-35(38)39)42-30(51)22(10-11-27(47)48)41-28(49)20(37)8-5-6-12-36/h18-26,57-58H,5-17,36-37H2,1-4H3,(H,41,49)(H,42,51)(H,43,53)(H,44,52)(H,45,50)(H,46,54)(H,47,48)(H,55,56)(H4,38,39,40). The molecule has 0 fully saturated rings. The second-order valence-electron chi connectivity index (χ2n) is 14.6. The highest BCUT2D eigenvalue weighted by Crippen LogP contribution is 2.10. The zero-order valence-corrected chi connectivity index (χ0v) is 35.5. The van der Waals surface area contributed by atoms with Gasteiger partial charge in [0.25, 0.3) is 0 Å². The first kappa shape index (κ1) is 53.6. The van der Waals surface area contributed by atoms with E-state index in [2.05, 4.69) is 62.2 Å². The fourth-order valence-electron chi connectivity index (χ4n) is 5.37. The maximum atomic E-state index is 13.6. The van der Waals surface area contributed by atoms with E-state index < -0.39 is 96.1 Å². The van der Waals surface area contributed by atoms with Crippen LogP contribution < -0.4 is 54.8 Å². The number of carbonyl (C=O) groups excluding carboxylic acids is 6. The highest BCUT2D eigenvalue weighted by molar-refractivity contribution is 7.80. The van der Waals surface area contributed by atoms with Crippen LogP contribution in [0.4, 0.5) is 0 Å². The summed E-state index contributed by atoms with van der Waals surface area (Å²) < 4.78 is 0. The van der Waals surface area contributed by atoms with E-state index in [4.69, 9.17) is 22.9 Å². The van der Waals surface area contributed by atoms with Crippen molar-refractivity contribution in [1.82, 2.24) is 31.9 Å². The van der Waals surface area contributed by atoms with Gasteiger partial charge in [-0.05, 0) is 63.3 Å². The summed E-state index contributed by atoms with van der Waals surface area (Å²) in [6, 6.07) is -8.81. The number of hydrogen-bond acceptors (Lipinski definition) is 13. The molecule has 0 heterocycles. The molecule has 0 aliphatic rings. The minimum Gasteiger partial charge on any atom is -0.481 e. The molecule has 21 nitrogen and oxygen atoms in total. The Morgan fingerprint density at radius 2 is 0.983 bits per heavy atom. The Morgan fingerprint density at radius 1 is 0.569 bits per heavy atom. The molecule has 23 heteroatoms. The van der Waals surface area contributed by atoms with E-state index >= 15 is 0 Å². The molecule has 0 saturated heterocycles. The number of carboxylic acid groups (broad SMARTS) is 2. The fourth-order valence-corrected chi connectivity index (χ4v) is 5.89. The molecular weight excluding hydrogens is 799 g/mol. The van der Waals surface area contributed by atoms with E-state index in [-0.39, 0.29) is 74.4 Å². The number of amides is 6. The fraction of sp³-hybridized carbons (Fsp3) is 0.743. The van der Waals surface area contributed by atoms with Crippen LogP contribution in [-0.4, -0.2) is 130 Å². The van der Waals surface area contributed by atoms with Gasteiger partial charge in [0.05, 0.1) is 6.04 Å². The number of nitrogens with two attached hydrogens (primary N) is 4. The molecule has 0 spiro atoms. The molecule has 58 heavy (non-hydrogen) atoms. The summed E-state index contributed by atoms with van der Waals surface area (Å²) in [6.07, 6.45) is 0.951. The highest BCUT2D eigenvalue weighted by atomic mass is 32.1. The number of nitrogens with one attached hydrogen (secondary N) is 6. The molecule has 0 aromatic rings. The third kappa shape index (κ3) is 22.6. The molecule has 0 rings (SSSR count). The van der Waals surface area contributed by atoms with E-state index in [0.717, 1.165) is 0 Å². The Balaban J connectivity index is 6.11. The SMILES string of the molecule is CC(C)CC(NC(=O)C(CC(C)C)NC(=O)C(CS)NC(=O)C(CS)NC(=O)C(CCCN=C(N)N)NC(=O)C(CCC(=O)O)NC(=O)C(N)CCCCN)C(=O)O. The number of hydrogen-bond donors (Lipinski definition) is 14. The van der Waals surface area contributed by atoms with E-state index in [9.17, 15) is 48.6 Å². The number of aliphatic imine (C=N–C) groups is 1. The Kier molecular flexibility index (Phi) is 26.8. The summed E-state index contributed by atoms with van der Waals surface area (Å²) in [5.41, 5.74) is 22.3. The minimum absolute atomic E-state index is 0.0468. The largest absolute Gasteiger partial charge is 0.481 e.